The van der Waals surface area contributed by atoms with E-state index in [4.69, 9.17) is 0 Å². The Balaban J connectivity index is 1.73. The standard InChI is InChI=1S/C17H17BrN2/c1-20-12-14(15-7-3-5-9-17(15)20)11-19-10-13-6-2-4-8-16(13)18/h2-9,12,19H,10-11H2,1H3. The maximum Gasteiger partial charge on any atom is 0.0481 e. The molecule has 20 heavy (non-hydrogen) atoms. The normalized spacial score (nSPS) is 11.1. The lowest BCUT2D eigenvalue weighted by atomic mass is 10.1. The Morgan fingerprint density at radius 1 is 0.950 bits per heavy atom. The van der Waals surface area contributed by atoms with Gasteiger partial charge in [-0.1, -0.05) is 52.3 Å². The molecular formula is C17H17BrN2. The van der Waals surface area contributed by atoms with Crippen molar-refractivity contribution in [2.75, 3.05) is 0 Å². The number of halogens is 1. The highest BCUT2D eigenvalue weighted by Gasteiger charge is 2.05. The van der Waals surface area contributed by atoms with E-state index >= 15 is 0 Å². The van der Waals surface area contributed by atoms with E-state index in [-0.39, 0.29) is 0 Å². The fraction of sp³-hybridized carbons (Fsp3) is 0.176. The van der Waals surface area contributed by atoms with Gasteiger partial charge in [0.1, 0.15) is 0 Å². The predicted molar refractivity (Wildman–Crippen MR) is 87.6 cm³/mol. The van der Waals surface area contributed by atoms with Gasteiger partial charge in [-0.3, -0.25) is 0 Å². The first kappa shape index (κ1) is 13.4. The monoisotopic (exact) mass is 328 g/mol. The molecule has 0 fully saturated rings. The first-order valence-electron chi connectivity index (χ1n) is 6.73. The molecule has 2 aromatic carbocycles. The van der Waals surface area contributed by atoms with Crippen molar-refractivity contribution in [3.05, 3.63) is 70.3 Å². The van der Waals surface area contributed by atoms with Crippen molar-refractivity contribution in [1.29, 1.82) is 0 Å². The smallest absolute Gasteiger partial charge is 0.0481 e. The van der Waals surface area contributed by atoms with E-state index in [9.17, 15) is 0 Å². The van der Waals surface area contributed by atoms with Crippen molar-refractivity contribution >= 4 is 26.8 Å². The van der Waals surface area contributed by atoms with Crippen LogP contribution in [0.2, 0.25) is 0 Å². The molecule has 0 saturated carbocycles. The lowest BCUT2D eigenvalue weighted by Gasteiger charge is -2.06. The molecule has 1 heterocycles. The van der Waals surface area contributed by atoms with Gasteiger partial charge in [-0.25, -0.2) is 0 Å². The Morgan fingerprint density at radius 2 is 1.65 bits per heavy atom. The number of para-hydroxylation sites is 1. The number of hydrogen-bond donors (Lipinski definition) is 1. The van der Waals surface area contributed by atoms with Crippen molar-refractivity contribution < 1.29 is 0 Å². The molecule has 1 N–H and O–H groups in total. The summed E-state index contributed by atoms with van der Waals surface area (Å²) in [6.07, 6.45) is 2.21. The first-order valence-corrected chi connectivity index (χ1v) is 7.52. The Hall–Kier alpha value is -1.58. The minimum atomic E-state index is 0.866. The topological polar surface area (TPSA) is 17.0 Å². The predicted octanol–water partition coefficient (Wildman–Crippen LogP) is 4.23. The van der Waals surface area contributed by atoms with E-state index in [0.29, 0.717) is 0 Å². The van der Waals surface area contributed by atoms with Crippen LogP contribution in [-0.4, -0.2) is 4.57 Å². The molecule has 3 rings (SSSR count). The van der Waals surface area contributed by atoms with Gasteiger partial charge in [0.2, 0.25) is 0 Å². The molecular weight excluding hydrogens is 312 g/mol. The lowest BCUT2D eigenvalue weighted by molar-refractivity contribution is 0.692. The number of benzene rings is 2. The number of nitrogens with zero attached hydrogens (tertiary/aromatic N) is 1. The Kier molecular flexibility index (Phi) is 3.90. The summed E-state index contributed by atoms with van der Waals surface area (Å²) in [5.74, 6) is 0. The fourth-order valence-corrected chi connectivity index (χ4v) is 2.97. The number of fused-ring (bicyclic) bond motifs is 1. The van der Waals surface area contributed by atoms with Crippen LogP contribution in [0.25, 0.3) is 10.9 Å². The minimum Gasteiger partial charge on any atom is -0.350 e. The molecule has 0 atom stereocenters. The molecule has 0 bridgehead atoms. The zero-order chi connectivity index (χ0) is 13.9. The second kappa shape index (κ2) is 5.81. The Labute approximate surface area is 127 Å². The van der Waals surface area contributed by atoms with Gasteiger partial charge < -0.3 is 9.88 Å². The van der Waals surface area contributed by atoms with Crippen molar-refractivity contribution in [2.45, 2.75) is 13.1 Å². The molecule has 0 saturated heterocycles. The van der Waals surface area contributed by atoms with Gasteiger partial charge in [0.25, 0.3) is 0 Å². The second-order valence-electron chi connectivity index (χ2n) is 4.98. The maximum atomic E-state index is 3.58. The summed E-state index contributed by atoms with van der Waals surface area (Å²) >= 11 is 3.58. The molecule has 0 amide bonds. The highest BCUT2D eigenvalue weighted by Crippen LogP contribution is 2.20. The Bertz CT molecular complexity index is 731. The molecule has 0 aliphatic carbocycles. The van der Waals surface area contributed by atoms with Crippen molar-refractivity contribution in [3.8, 4) is 0 Å². The molecule has 0 aliphatic rings. The van der Waals surface area contributed by atoms with E-state index in [2.05, 4.69) is 81.5 Å². The van der Waals surface area contributed by atoms with Crippen LogP contribution in [0, 0.1) is 0 Å². The molecule has 102 valence electrons. The summed E-state index contributed by atoms with van der Waals surface area (Å²) in [5, 5.41) is 4.85. The minimum absolute atomic E-state index is 0.866. The molecule has 0 aliphatic heterocycles. The largest absolute Gasteiger partial charge is 0.350 e. The lowest BCUT2D eigenvalue weighted by Crippen LogP contribution is -2.12. The molecule has 1 aromatic heterocycles. The summed E-state index contributed by atoms with van der Waals surface area (Å²) in [4.78, 5) is 0. The van der Waals surface area contributed by atoms with Crippen LogP contribution < -0.4 is 5.32 Å². The summed E-state index contributed by atoms with van der Waals surface area (Å²) in [6.45, 7) is 1.74. The summed E-state index contributed by atoms with van der Waals surface area (Å²) in [7, 11) is 2.10. The van der Waals surface area contributed by atoms with Crippen LogP contribution in [0.15, 0.2) is 59.2 Å². The number of aromatic nitrogens is 1. The average Bonchev–Trinajstić information content (AvgIpc) is 2.78. The zero-order valence-corrected chi connectivity index (χ0v) is 13.0. The molecule has 0 spiro atoms. The van der Waals surface area contributed by atoms with Crippen molar-refractivity contribution in [1.82, 2.24) is 9.88 Å². The molecule has 0 radical (unpaired) electrons. The van der Waals surface area contributed by atoms with Crippen LogP contribution in [0.1, 0.15) is 11.1 Å². The highest BCUT2D eigenvalue weighted by molar-refractivity contribution is 9.10. The number of hydrogen-bond acceptors (Lipinski definition) is 1. The third-order valence-corrected chi connectivity index (χ3v) is 4.34. The van der Waals surface area contributed by atoms with E-state index in [1.165, 1.54) is 22.0 Å². The second-order valence-corrected chi connectivity index (χ2v) is 5.83. The van der Waals surface area contributed by atoms with Crippen molar-refractivity contribution in [3.63, 3.8) is 0 Å². The van der Waals surface area contributed by atoms with Gasteiger partial charge >= 0.3 is 0 Å². The molecule has 3 heteroatoms. The summed E-state index contributed by atoms with van der Waals surface area (Å²) in [5.41, 5.74) is 3.91. The number of aryl methyl sites for hydroxylation is 1. The highest BCUT2D eigenvalue weighted by atomic mass is 79.9. The SMILES string of the molecule is Cn1cc(CNCc2ccccc2Br)c2ccccc21. The van der Waals surface area contributed by atoms with Gasteiger partial charge in [-0.15, -0.1) is 0 Å². The molecule has 3 aromatic rings. The van der Waals surface area contributed by atoms with Crippen molar-refractivity contribution in [2.24, 2.45) is 7.05 Å². The van der Waals surface area contributed by atoms with Crippen LogP contribution in [-0.2, 0) is 20.1 Å². The van der Waals surface area contributed by atoms with Gasteiger partial charge in [-0.2, -0.15) is 0 Å². The molecule has 2 nitrogen and oxygen atoms in total. The molecule has 0 unspecified atom stereocenters. The number of nitrogens with one attached hydrogen (secondary N) is 1. The van der Waals surface area contributed by atoms with Crippen LogP contribution in [0.4, 0.5) is 0 Å². The summed E-state index contributed by atoms with van der Waals surface area (Å²) in [6, 6.07) is 16.9. The van der Waals surface area contributed by atoms with E-state index in [0.717, 1.165) is 17.6 Å². The van der Waals surface area contributed by atoms with Gasteiger partial charge in [0, 0.05) is 41.7 Å². The van der Waals surface area contributed by atoms with E-state index < -0.39 is 0 Å². The maximum absolute atomic E-state index is 3.58. The van der Waals surface area contributed by atoms with Gasteiger partial charge in [0.05, 0.1) is 0 Å². The quantitative estimate of drug-likeness (QED) is 0.758. The zero-order valence-electron chi connectivity index (χ0n) is 11.4. The van der Waals surface area contributed by atoms with E-state index in [1.807, 2.05) is 6.07 Å². The van der Waals surface area contributed by atoms with Crippen LogP contribution >= 0.6 is 15.9 Å². The first-order chi connectivity index (χ1) is 9.75. The average molecular weight is 329 g/mol. The number of rotatable bonds is 4. The summed E-state index contributed by atoms with van der Waals surface area (Å²) < 4.78 is 3.34. The third-order valence-electron chi connectivity index (χ3n) is 3.57. The van der Waals surface area contributed by atoms with Crippen LogP contribution in [0.3, 0.4) is 0 Å². The van der Waals surface area contributed by atoms with E-state index in [1.54, 1.807) is 0 Å². The van der Waals surface area contributed by atoms with Gasteiger partial charge in [-0.05, 0) is 23.3 Å². The third kappa shape index (κ3) is 2.65. The fourth-order valence-electron chi connectivity index (χ4n) is 2.54. The Morgan fingerprint density at radius 3 is 2.50 bits per heavy atom. The van der Waals surface area contributed by atoms with Gasteiger partial charge in [0.15, 0.2) is 0 Å². The van der Waals surface area contributed by atoms with Crippen LogP contribution in [0.5, 0.6) is 0 Å².